The Morgan fingerprint density at radius 1 is 0.638 bits per heavy atom. The summed E-state index contributed by atoms with van der Waals surface area (Å²) < 4.78 is 47.0. The molecule has 3 fully saturated rings. The maximum Gasteiger partial charge on any atom is 0.508 e. The molecule has 0 aromatic carbocycles. The second kappa shape index (κ2) is 21.2. The number of aromatic nitrogens is 4. The Morgan fingerprint density at radius 3 is 1.71 bits per heavy atom. The molecule has 58 heavy (non-hydrogen) atoms. The zero-order valence-corrected chi connectivity index (χ0v) is 33.2. The lowest BCUT2D eigenvalue weighted by atomic mass is 9.76. The van der Waals surface area contributed by atoms with Crippen LogP contribution in [0, 0.1) is 35.5 Å². The molecule has 0 saturated heterocycles. The van der Waals surface area contributed by atoms with E-state index in [0.29, 0.717) is 48.1 Å². The van der Waals surface area contributed by atoms with Crippen LogP contribution in [0.3, 0.4) is 0 Å². The topological polar surface area (TPSA) is 195 Å². The van der Waals surface area contributed by atoms with Gasteiger partial charge in [-0.05, 0) is 80.6 Å². The molecule has 2 aromatic heterocycles. The first kappa shape index (κ1) is 43.5. The molecule has 2 bridgehead atoms. The molecule has 0 radical (unpaired) electrons. The number of hydrogen-bond acceptors (Lipinski definition) is 15. The molecule has 0 amide bonds. The Balaban J connectivity index is 1.03. The van der Waals surface area contributed by atoms with E-state index in [-0.39, 0.29) is 69.9 Å². The van der Waals surface area contributed by atoms with Crippen LogP contribution in [0.4, 0.5) is 9.59 Å². The van der Waals surface area contributed by atoms with E-state index >= 15 is 0 Å². The normalized spacial score (nSPS) is 22.4. The lowest BCUT2D eigenvalue weighted by Crippen LogP contribution is -2.33. The standard InChI is InChI=1S/C41H54N4O13/c1-26(2)28(5)51-20-32(21-52-37(46)6-10-44-12-8-42-24-44)57-40(49)55-18-29-14-34-30-16-31(35(17-30)36(34)15-29)19-56-41(50)58-33(23-54-39(48)27(3)4)22-53-38(47)7-11-45-13-9-43-25-45/h8-9,12-13,24-25,29-36H,1,3,5-7,10-11,14-23H2,2,4H3. The lowest BCUT2D eigenvalue weighted by Gasteiger charge is -2.31. The maximum absolute atomic E-state index is 12.8. The highest BCUT2D eigenvalue weighted by Gasteiger charge is 2.56. The number of fused-ring (bicyclic) bond motifs is 5. The number of nitrogens with zero attached hydrogens (tertiary/aromatic N) is 4. The average Bonchev–Trinajstić information content (AvgIpc) is 4.05. The number of ether oxygens (including phenoxy) is 8. The van der Waals surface area contributed by atoms with Crippen molar-refractivity contribution in [1.82, 2.24) is 19.1 Å². The average molecular weight is 811 g/mol. The van der Waals surface area contributed by atoms with Crippen molar-refractivity contribution in [2.24, 2.45) is 35.5 Å². The summed E-state index contributed by atoms with van der Waals surface area (Å²) in [5, 5.41) is 0. The Labute approximate surface area is 337 Å². The van der Waals surface area contributed by atoms with Crippen molar-refractivity contribution in [3.63, 3.8) is 0 Å². The van der Waals surface area contributed by atoms with Crippen LogP contribution in [0.25, 0.3) is 0 Å². The van der Waals surface area contributed by atoms with Gasteiger partial charge in [0.05, 0.1) is 38.7 Å². The molecule has 316 valence electrons. The number of allylic oxidation sites excluding steroid dienone is 1. The molecule has 3 saturated carbocycles. The fourth-order valence-corrected chi connectivity index (χ4v) is 7.99. The number of esters is 3. The fourth-order valence-electron chi connectivity index (χ4n) is 7.99. The molecule has 17 heteroatoms. The van der Waals surface area contributed by atoms with Gasteiger partial charge in [-0.2, -0.15) is 0 Å². The molecule has 8 atom stereocenters. The monoisotopic (exact) mass is 810 g/mol. The fraction of sp³-hybridized carbons (Fsp3) is 0.585. The Kier molecular flexibility index (Phi) is 15.9. The van der Waals surface area contributed by atoms with E-state index in [1.54, 1.807) is 53.5 Å². The third kappa shape index (κ3) is 13.2. The van der Waals surface area contributed by atoms with Crippen molar-refractivity contribution >= 4 is 30.2 Å². The quantitative estimate of drug-likeness (QED) is 0.0466. The summed E-state index contributed by atoms with van der Waals surface area (Å²) in [5.41, 5.74) is 0.775. The molecule has 2 aromatic rings. The van der Waals surface area contributed by atoms with E-state index in [0.717, 1.165) is 25.7 Å². The number of carbonyl (C=O) groups is 5. The van der Waals surface area contributed by atoms with Crippen LogP contribution in [-0.2, 0) is 65.4 Å². The Hall–Kier alpha value is -5.61. The van der Waals surface area contributed by atoms with E-state index in [9.17, 15) is 24.0 Å². The second-order valence-corrected chi connectivity index (χ2v) is 15.3. The maximum atomic E-state index is 12.8. The highest BCUT2D eigenvalue weighted by Crippen LogP contribution is 2.62. The van der Waals surface area contributed by atoms with E-state index < -0.39 is 42.4 Å². The van der Waals surface area contributed by atoms with Crippen LogP contribution in [0.15, 0.2) is 74.1 Å². The minimum atomic E-state index is -1.08. The van der Waals surface area contributed by atoms with Crippen LogP contribution in [0.1, 0.15) is 52.4 Å². The lowest BCUT2D eigenvalue weighted by molar-refractivity contribution is -0.152. The first-order valence-corrected chi connectivity index (χ1v) is 19.5. The minimum Gasteiger partial charge on any atom is -0.490 e. The van der Waals surface area contributed by atoms with Crippen molar-refractivity contribution in [3.8, 4) is 0 Å². The summed E-state index contributed by atoms with van der Waals surface area (Å²) in [4.78, 5) is 70.2. The predicted molar refractivity (Wildman–Crippen MR) is 203 cm³/mol. The molecule has 3 aliphatic rings. The molecule has 8 unspecified atom stereocenters. The zero-order chi connectivity index (χ0) is 41.6. The number of hydrogen-bond donors (Lipinski definition) is 0. The molecule has 5 rings (SSSR count). The van der Waals surface area contributed by atoms with Crippen LogP contribution in [-0.4, -0.2) is 101 Å². The number of imidazole rings is 2. The van der Waals surface area contributed by atoms with Gasteiger partial charge in [0.1, 0.15) is 32.2 Å². The number of aryl methyl sites for hydroxylation is 2. The third-order valence-corrected chi connectivity index (χ3v) is 10.9. The predicted octanol–water partition coefficient (Wildman–Crippen LogP) is 5.21. The first-order chi connectivity index (χ1) is 27.8. The van der Waals surface area contributed by atoms with E-state index in [2.05, 4.69) is 29.7 Å². The summed E-state index contributed by atoms with van der Waals surface area (Å²) in [6.07, 6.45) is 9.93. The van der Waals surface area contributed by atoms with Gasteiger partial charge < -0.3 is 47.0 Å². The van der Waals surface area contributed by atoms with E-state index in [4.69, 9.17) is 37.9 Å². The van der Waals surface area contributed by atoms with Gasteiger partial charge >= 0.3 is 30.2 Å². The number of carbonyl (C=O) groups excluding carboxylic acids is 5. The van der Waals surface area contributed by atoms with Gasteiger partial charge in [-0.15, -0.1) is 0 Å². The van der Waals surface area contributed by atoms with Gasteiger partial charge in [-0.25, -0.2) is 24.4 Å². The van der Waals surface area contributed by atoms with Crippen LogP contribution in [0.5, 0.6) is 0 Å². The smallest absolute Gasteiger partial charge is 0.490 e. The van der Waals surface area contributed by atoms with Gasteiger partial charge in [0.25, 0.3) is 0 Å². The third-order valence-electron chi connectivity index (χ3n) is 10.9. The summed E-state index contributed by atoms with van der Waals surface area (Å²) in [6, 6.07) is 0. The van der Waals surface area contributed by atoms with Crippen LogP contribution >= 0.6 is 0 Å². The SMILES string of the molecule is C=C(C)C(=C)OCC(COC(=O)CCn1ccnc1)OC(=O)OCC1CC2C3CC(COC(=O)OC(COC(=O)CCn4ccnc4)COC(=O)C(=C)C)C(C3)C2C1. The van der Waals surface area contributed by atoms with E-state index in [1.807, 2.05) is 0 Å². The van der Waals surface area contributed by atoms with E-state index in [1.165, 1.54) is 6.92 Å². The zero-order valence-electron chi connectivity index (χ0n) is 33.2. The molecule has 17 nitrogen and oxygen atoms in total. The summed E-state index contributed by atoms with van der Waals surface area (Å²) in [5.74, 6) is 0.652. The van der Waals surface area contributed by atoms with Crippen LogP contribution < -0.4 is 0 Å². The Morgan fingerprint density at radius 2 is 1.17 bits per heavy atom. The molecule has 2 heterocycles. The molecule has 0 N–H and O–H groups in total. The highest BCUT2D eigenvalue weighted by atomic mass is 16.7. The number of rotatable bonds is 23. The largest absolute Gasteiger partial charge is 0.508 e. The van der Waals surface area contributed by atoms with Crippen LogP contribution in [0.2, 0.25) is 0 Å². The minimum absolute atomic E-state index is 0.0684. The molecular formula is C41H54N4O13. The molecular weight excluding hydrogens is 756 g/mol. The van der Waals surface area contributed by atoms with Crippen molar-refractivity contribution in [2.45, 2.75) is 77.7 Å². The first-order valence-electron chi connectivity index (χ1n) is 19.5. The highest BCUT2D eigenvalue weighted by molar-refractivity contribution is 5.86. The van der Waals surface area contributed by atoms with Crippen molar-refractivity contribution in [3.05, 3.63) is 74.1 Å². The van der Waals surface area contributed by atoms with Crippen molar-refractivity contribution < 1.29 is 61.9 Å². The van der Waals surface area contributed by atoms with Gasteiger partial charge in [0.2, 0.25) is 0 Å². The summed E-state index contributed by atoms with van der Waals surface area (Å²) in [6.45, 7) is 14.5. The molecule has 3 aliphatic carbocycles. The van der Waals surface area contributed by atoms with Gasteiger partial charge in [0.15, 0.2) is 12.2 Å². The molecule has 0 aliphatic heterocycles. The van der Waals surface area contributed by atoms with Gasteiger partial charge in [-0.3, -0.25) is 9.59 Å². The van der Waals surface area contributed by atoms with Crippen molar-refractivity contribution in [2.75, 3.05) is 39.6 Å². The van der Waals surface area contributed by atoms with Gasteiger partial charge in [-0.1, -0.05) is 19.7 Å². The summed E-state index contributed by atoms with van der Waals surface area (Å²) in [7, 11) is 0. The second-order valence-electron chi connectivity index (χ2n) is 15.3. The van der Waals surface area contributed by atoms with Gasteiger partial charge in [0, 0.05) is 43.4 Å². The summed E-state index contributed by atoms with van der Waals surface area (Å²) >= 11 is 0. The molecule has 0 spiro atoms. The van der Waals surface area contributed by atoms with Crippen molar-refractivity contribution in [1.29, 1.82) is 0 Å². The Bertz CT molecular complexity index is 1740.